The van der Waals surface area contributed by atoms with Crippen LogP contribution < -0.4 is 5.32 Å². The van der Waals surface area contributed by atoms with Crippen molar-refractivity contribution in [1.82, 2.24) is 5.32 Å². The topological polar surface area (TPSA) is 49.3 Å². The normalized spacial score (nSPS) is 13.0. The van der Waals surface area contributed by atoms with Gasteiger partial charge in [-0.25, -0.2) is 0 Å². The Morgan fingerprint density at radius 1 is 2.00 bits per heavy atom. The molecule has 3 heteroatoms. The van der Waals surface area contributed by atoms with E-state index in [1.54, 1.807) is 0 Å². The van der Waals surface area contributed by atoms with Crippen LogP contribution in [0.15, 0.2) is 0 Å². The van der Waals surface area contributed by atoms with Crippen LogP contribution in [0.2, 0.25) is 0 Å². The van der Waals surface area contributed by atoms with Gasteiger partial charge in [0.25, 0.3) is 0 Å². The van der Waals surface area contributed by atoms with Gasteiger partial charge in [0, 0.05) is 0 Å². The van der Waals surface area contributed by atoms with Crippen molar-refractivity contribution in [2.75, 3.05) is 0 Å². The Bertz CT molecular complexity index is 44.1. The largest absolute Gasteiger partial charge is 0.374 e. The van der Waals surface area contributed by atoms with Crippen LogP contribution in [0.3, 0.4) is 0 Å². The molecule has 1 unspecified atom stereocenters. The van der Waals surface area contributed by atoms with Gasteiger partial charge in [-0.2, -0.15) is 0 Å². The van der Waals surface area contributed by atoms with Crippen molar-refractivity contribution in [2.45, 2.75) is 13.2 Å². The van der Waals surface area contributed by atoms with Gasteiger partial charge in [-0.1, -0.05) is 0 Å². The van der Waals surface area contributed by atoms with Crippen molar-refractivity contribution in [1.29, 1.82) is 0 Å². The summed E-state index contributed by atoms with van der Waals surface area (Å²) in [5.74, 6) is 0. The molecule has 0 rings (SSSR count). The second-order valence-corrected chi connectivity index (χ2v) is 0.922. The van der Waals surface area contributed by atoms with Crippen molar-refractivity contribution in [3.63, 3.8) is 0 Å². The first-order valence-electron chi connectivity index (χ1n) is 1.58. The number of aliphatic hydroxyl groups is 1. The number of rotatable bonds is 2. The zero-order chi connectivity index (χ0) is 4.99. The molecule has 1 atom stereocenters. The van der Waals surface area contributed by atoms with E-state index in [-0.39, 0.29) is 0 Å². The summed E-state index contributed by atoms with van der Waals surface area (Å²) in [6.07, 6.45) is 0.542. The maximum atomic E-state index is 9.22. The van der Waals surface area contributed by atoms with Gasteiger partial charge in [-0.15, -0.1) is 0 Å². The van der Waals surface area contributed by atoms with Crippen molar-refractivity contribution in [3.05, 3.63) is 0 Å². The van der Waals surface area contributed by atoms with Crippen molar-refractivity contribution >= 4 is 6.41 Å². The first-order chi connectivity index (χ1) is 2.77. The van der Waals surface area contributed by atoms with Gasteiger partial charge in [-0.05, 0) is 6.92 Å². The van der Waals surface area contributed by atoms with Gasteiger partial charge in [0.1, 0.15) is 6.23 Å². The van der Waals surface area contributed by atoms with Crippen LogP contribution in [0.4, 0.5) is 0 Å². The fraction of sp³-hybridized carbons (Fsp3) is 0.667. The molecule has 2 N–H and O–H groups in total. The van der Waals surface area contributed by atoms with E-state index in [1.807, 2.05) is 5.32 Å². The Balaban J connectivity index is 2.81. The molecule has 0 bridgehead atoms. The maximum Gasteiger partial charge on any atom is 0.311 e. The van der Waals surface area contributed by atoms with Crippen LogP contribution in [0.25, 0.3) is 0 Å². The highest BCUT2D eigenvalue weighted by Gasteiger charge is 1.84. The van der Waals surface area contributed by atoms with E-state index in [2.05, 4.69) is 0 Å². The molecule has 0 fully saturated rings. The molecule has 1 amide bonds. The first kappa shape index (κ1) is 5.43. The van der Waals surface area contributed by atoms with Crippen molar-refractivity contribution in [3.8, 4) is 0 Å². The van der Waals surface area contributed by atoms with Crippen LogP contribution in [0, 0.1) is 0 Å². The summed E-state index contributed by atoms with van der Waals surface area (Å²) in [5.41, 5.74) is 0. The molecular weight excluding hydrogens is 82.0 g/mol. The summed E-state index contributed by atoms with van der Waals surface area (Å²) >= 11 is 0. The molecule has 0 heterocycles. The van der Waals surface area contributed by atoms with Crippen molar-refractivity contribution in [2.24, 2.45) is 0 Å². The SMILES string of the molecule is CC(O)N[C]=O. The third-order valence-corrected chi connectivity index (χ3v) is 0.268. The van der Waals surface area contributed by atoms with Crippen LogP contribution in [0.1, 0.15) is 6.92 Å². The lowest BCUT2D eigenvalue weighted by Crippen LogP contribution is -2.22. The van der Waals surface area contributed by atoms with E-state index < -0.39 is 6.23 Å². The Kier molecular flexibility index (Phi) is 2.40. The highest BCUT2D eigenvalue weighted by molar-refractivity contribution is 5.47. The minimum Gasteiger partial charge on any atom is -0.374 e. The summed E-state index contributed by atoms with van der Waals surface area (Å²) < 4.78 is 0. The molecule has 0 aliphatic heterocycles. The molecule has 0 aromatic rings. The molecule has 0 aliphatic carbocycles. The lowest BCUT2D eigenvalue weighted by atomic mass is 10.7. The molecule has 0 aromatic heterocycles. The fourth-order valence-corrected chi connectivity index (χ4v) is 0.0853. The lowest BCUT2D eigenvalue weighted by molar-refractivity contribution is 0.179. The van der Waals surface area contributed by atoms with Crippen LogP contribution in [-0.4, -0.2) is 17.7 Å². The Morgan fingerprint density at radius 3 is 2.50 bits per heavy atom. The van der Waals surface area contributed by atoms with Gasteiger partial charge in [-0.3, -0.25) is 4.79 Å². The third-order valence-electron chi connectivity index (χ3n) is 0.268. The molecule has 3 nitrogen and oxygen atoms in total. The van der Waals surface area contributed by atoms with E-state index in [9.17, 15) is 4.79 Å². The highest BCUT2D eigenvalue weighted by atomic mass is 16.3. The van der Waals surface area contributed by atoms with Gasteiger partial charge in [0.15, 0.2) is 0 Å². The molecule has 1 radical (unpaired) electrons. The van der Waals surface area contributed by atoms with E-state index in [0.717, 1.165) is 0 Å². The first-order valence-corrected chi connectivity index (χ1v) is 1.58. The monoisotopic (exact) mass is 88.0 g/mol. The van der Waals surface area contributed by atoms with Crippen LogP contribution in [0.5, 0.6) is 0 Å². The minimum absolute atomic E-state index is 0.775. The number of amides is 1. The van der Waals surface area contributed by atoms with Gasteiger partial charge in [0.05, 0.1) is 0 Å². The summed E-state index contributed by atoms with van der Waals surface area (Å²) in [4.78, 5) is 9.22. The van der Waals surface area contributed by atoms with E-state index in [1.165, 1.54) is 13.3 Å². The number of nitrogens with one attached hydrogen (secondary N) is 1. The van der Waals surface area contributed by atoms with Gasteiger partial charge >= 0.3 is 6.41 Å². The molecule has 0 saturated carbocycles. The molecule has 0 aliphatic rings. The van der Waals surface area contributed by atoms with Gasteiger partial charge < -0.3 is 10.4 Å². The average Bonchev–Trinajstić information content (AvgIpc) is 1.35. The minimum atomic E-state index is -0.775. The zero-order valence-corrected chi connectivity index (χ0v) is 3.43. The predicted octanol–water partition coefficient (Wildman–Crippen LogP) is -1.02. The molecule has 0 saturated heterocycles. The molecular formula is C3H6NO2. The second kappa shape index (κ2) is 2.66. The highest BCUT2D eigenvalue weighted by Crippen LogP contribution is 1.60. The Labute approximate surface area is 36.0 Å². The molecule has 0 aromatic carbocycles. The summed E-state index contributed by atoms with van der Waals surface area (Å²) in [6.45, 7) is 1.44. The van der Waals surface area contributed by atoms with Crippen LogP contribution >= 0.6 is 0 Å². The van der Waals surface area contributed by atoms with E-state index >= 15 is 0 Å². The molecule has 6 heavy (non-hydrogen) atoms. The summed E-state index contributed by atoms with van der Waals surface area (Å²) in [7, 11) is 0. The number of hydrogen-bond donors (Lipinski definition) is 2. The standard InChI is InChI=1S/C3H6NO2/c1-3(6)4-2-5/h3,6H,1H3,(H,4,5). The Morgan fingerprint density at radius 2 is 2.50 bits per heavy atom. The molecule has 0 spiro atoms. The van der Waals surface area contributed by atoms with Crippen molar-refractivity contribution < 1.29 is 9.90 Å². The second-order valence-electron chi connectivity index (χ2n) is 0.922. The average molecular weight is 88.1 g/mol. The number of aliphatic hydroxyl groups excluding tert-OH is 1. The van der Waals surface area contributed by atoms with E-state index in [4.69, 9.17) is 5.11 Å². The predicted molar refractivity (Wildman–Crippen MR) is 20.5 cm³/mol. The van der Waals surface area contributed by atoms with Crippen LogP contribution in [-0.2, 0) is 4.79 Å². The number of carbonyl (C=O) groups excluding carboxylic acids is 1. The Hall–Kier alpha value is -0.570. The maximum absolute atomic E-state index is 9.22. The fourth-order valence-electron chi connectivity index (χ4n) is 0.0853. The number of hydrogen-bond acceptors (Lipinski definition) is 2. The summed E-state index contributed by atoms with van der Waals surface area (Å²) in [6, 6.07) is 0. The van der Waals surface area contributed by atoms with Gasteiger partial charge in [0.2, 0.25) is 0 Å². The lowest BCUT2D eigenvalue weighted by Gasteiger charge is -1.94. The summed E-state index contributed by atoms with van der Waals surface area (Å²) in [5, 5.41) is 10.1. The van der Waals surface area contributed by atoms with E-state index in [0.29, 0.717) is 0 Å². The quantitative estimate of drug-likeness (QED) is 0.335. The third kappa shape index (κ3) is 3.43. The molecule has 35 valence electrons. The zero-order valence-electron chi connectivity index (χ0n) is 3.43. The smallest absolute Gasteiger partial charge is 0.311 e.